The molecule has 0 aliphatic rings. The van der Waals surface area contributed by atoms with Gasteiger partial charge in [0.25, 0.3) is 5.91 Å². The molecule has 0 spiro atoms. The normalized spacial score (nSPS) is 12.3. The Labute approximate surface area is 129 Å². The molecule has 0 saturated carbocycles. The summed E-state index contributed by atoms with van der Waals surface area (Å²) >= 11 is 0. The summed E-state index contributed by atoms with van der Waals surface area (Å²) < 4.78 is 5.75. The van der Waals surface area contributed by atoms with Crippen LogP contribution in [-0.2, 0) is 0 Å². The molecule has 1 aromatic carbocycles. The molecule has 0 bridgehead atoms. The summed E-state index contributed by atoms with van der Waals surface area (Å²) in [5.74, 6) is 0.166. The van der Waals surface area contributed by atoms with Crippen molar-refractivity contribution in [2.45, 2.75) is 26.8 Å². The molecule has 4 heteroatoms. The fraction of sp³-hybridized carbons (Fsp3) is 0.222. The minimum atomic E-state index is -0.206. The van der Waals surface area contributed by atoms with Crippen molar-refractivity contribution in [2.75, 3.05) is 0 Å². The van der Waals surface area contributed by atoms with Crippen LogP contribution < -0.4 is 5.32 Å². The van der Waals surface area contributed by atoms with Gasteiger partial charge in [-0.05, 0) is 44.0 Å². The summed E-state index contributed by atoms with van der Waals surface area (Å²) in [6, 6.07) is 9.62. The van der Waals surface area contributed by atoms with Gasteiger partial charge in [0, 0.05) is 23.3 Å². The number of nitrogens with one attached hydrogen (secondary N) is 1. The van der Waals surface area contributed by atoms with E-state index in [1.807, 2.05) is 51.1 Å². The summed E-state index contributed by atoms with van der Waals surface area (Å²) in [6.45, 7) is 5.84. The third-order valence-electron chi connectivity index (χ3n) is 3.83. The summed E-state index contributed by atoms with van der Waals surface area (Å²) in [5.41, 5.74) is 3.68. The molecule has 3 aromatic rings. The molecule has 1 amide bonds. The van der Waals surface area contributed by atoms with Gasteiger partial charge in [-0.2, -0.15) is 0 Å². The number of furan rings is 1. The van der Waals surface area contributed by atoms with Crippen molar-refractivity contribution >= 4 is 16.9 Å². The Morgan fingerprint density at radius 3 is 2.82 bits per heavy atom. The first-order valence-corrected chi connectivity index (χ1v) is 7.27. The topological polar surface area (TPSA) is 55.1 Å². The monoisotopic (exact) mass is 294 g/mol. The van der Waals surface area contributed by atoms with E-state index in [0.29, 0.717) is 5.76 Å². The van der Waals surface area contributed by atoms with Gasteiger partial charge in [0.1, 0.15) is 5.58 Å². The second-order valence-electron chi connectivity index (χ2n) is 5.54. The Bertz CT molecular complexity index is 822. The number of aromatic nitrogens is 1. The van der Waals surface area contributed by atoms with Gasteiger partial charge < -0.3 is 9.73 Å². The first kappa shape index (κ1) is 14.3. The minimum Gasteiger partial charge on any atom is -0.451 e. The molecule has 0 saturated heterocycles. The van der Waals surface area contributed by atoms with Crippen LogP contribution in [0, 0.1) is 13.8 Å². The van der Waals surface area contributed by atoms with Gasteiger partial charge >= 0.3 is 0 Å². The van der Waals surface area contributed by atoms with E-state index in [1.54, 1.807) is 12.4 Å². The van der Waals surface area contributed by atoms with Crippen molar-refractivity contribution < 1.29 is 9.21 Å². The van der Waals surface area contributed by atoms with Crippen LogP contribution in [0.25, 0.3) is 11.0 Å². The molecule has 2 heterocycles. The van der Waals surface area contributed by atoms with E-state index in [1.165, 1.54) is 0 Å². The number of aryl methyl sites for hydroxylation is 2. The largest absolute Gasteiger partial charge is 0.451 e. The number of hydrogen-bond acceptors (Lipinski definition) is 3. The Balaban J connectivity index is 1.88. The van der Waals surface area contributed by atoms with E-state index < -0.39 is 0 Å². The lowest BCUT2D eigenvalue weighted by molar-refractivity contribution is 0.0913. The predicted molar refractivity (Wildman–Crippen MR) is 85.8 cm³/mol. The average Bonchev–Trinajstić information content (AvgIpc) is 2.84. The third kappa shape index (κ3) is 2.60. The van der Waals surface area contributed by atoms with E-state index in [9.17, 15) is 4.79 Å². The lowest BCUT2D eigenvalue weighted by atomic mass is 10.1. The average molecular weight is 294 g/mol. The lowest BCUT2D eigenvalue weighted by Crippen LogP contribution is -2.26. The zero-order chi connectivity index (χ0) is 15.7. The number of nitrogens with zero attached hydrogens (tertiary/aromatic N) is 1. The molecule has 0 aliphatic heterocycles. The molecule has 22 heavy (non-hydrogen) atoms. The van der Waals surface area contributed by atoms with Crippen molar-refractivity contribution in [1.29, 1.82) is 0 Å². The van der Waals surface area contributed by atoms with Gasteiger partial charge in [-0.15, -0.1) is 0 Å². The number of hydrogen-bond donors (Lipinski definition) is 1. The smallest absolute Gasteiger partial charge is 0.287 e. The molecule has 4 nitrogen and oxygen atoms in total. The highest BCUT2D eigenvalue weighted by atomic mass is 16.3. The third-order valence-corrected chi connectivity index (χ3v) is 3.83. The quantitative estimate of drug-likeness (QED) is 0.796. The van der Waals surface area contributed by atoms with Crippen LogP contribution >= 0.6 is 0 Å². The molecule has 3 rings (SSSR count). The zero-order valence-corrected chi connectivity index (χ0v) is 12.9. The fourth-order valence-electron chi connectivity index (χ4n) is 2.53. The summed E-state index contributed by atoms with van der Waals surface area (Å²) in [6.07, 6.45) is 3.46. The predicted octanol–water partition coefficient (Wildman–Crippen LogP) is 3.94. The van der Waals surface area contributed by atoms with Crippen molar-refractivity contribution in [3.05, 3.63) is 65.2 Å². The first-order valence-electron chi connectivity index (χ1n) is 7.27. The minimum absolute atomic E-state index is 0.129. The first-order chi connectivity index (χ1) is 10.6. The second kappa shape index (κ2) is 5.64. The molecule has 1 N–H and O–H groups in total. The Hall–Kier alpha value is -2.62. The molecular weight excluding hydrogens is 276 g/mol. The van der Waals surface area contributed by atoms with Crippen LogP contribution in [-0.4, -0.2) is 10.9 Å². The van der Waals surface area contributed by atoms with Gasteiger partial charge in [0.2, 0.25) is 0 Å². The van der Waals surface area contributed by atoms with Crippen LogP contribution in [0.3, 0.4) is 0 Å². The summed E-state index contributed by atoms with van der Waals surface area (Å²) in [5, 5.41) is 3.93. The van der Waals surface area contributed by atoms with Gasteiger partial charge in [0.05, 0.1) is 6.04 Å². The fourth-order valence-corrected chi connectivity index (χ4v) is 2.53. The Morgan fingerprint density at radius 1 is 1.27 bits per heavy atom. The van der Waals surface area contributed by atoms with E-state index >= 15 is 0 Å². The number of amides is 1. The van der Waals surface area contributed by atoms with Crippen LogP contribution in [0.4, 0.5) is 0 Å². The van der Waals surface area contributed by atoms with Gasteiger partial charge in [-0.1, -0.05) is 18.2 Å². The summed E-state index contributed by atoms with van der Waals surface area (Å²) in [7, 11) is 0. The molecule has 112 valence electrons. The highest BCUT2D eigenvalue weighted by Crippen LogP contribution is 2.26. The van der Waals surface area contributed by atoms with Gasteiger partial charge in [0.15, 0.2) is 5.76 Å². The van der Waals surface area contributed by atoms with E-state index in [2.05, 4.69) is 10.3 Å². The maximum Gasteiger partial charge on any atom is 0.287 e. The number of benzene rings is 1. The Morgan fingerprint density at radius 2 is 2.09 bits per heavy atom. The van der Waals surface area contributed by atoms with Crippen molar-refractivity contribution in [2.24, 2.45) is 0 Å². The van der Waals surface area contributed by atoms with Gasteiger partial charge in [-0.25, -0.2) is 0 Å². The molecule has 1 unspecified atom stereocenters. The maximum atomic E-state index is 12.5. The van der Waals surface area contributed by atoms with Gasteiger partial charge in [-0.3, -0.25) is 9.78 Å². The van der Waals surface area contributed by atoms with Crippen molar-refractivity contribution in [1.82, 2.24) is 10.3 Å². The zero-order valence-electron chi connectivity index (χ0n) is 12.9. The SMILES string of the molecule is Cc1ccc2c(C)c(C(=O)NC(C)c3cccnc3)oc2c1. The standard InChI is InChI=1S/C18H18N2O2/c1-11-6-7-15-12(2)17(22-16(15)9-11)18(21)20-13(3)14-5-4-8-19-10-14/h4-10,13H,1-3H3,(H,20,21). The summed E-state index contributed by atoms with van der Waals surface area (Å²) in [4.78, 5) is 16.6. The Kier molecular flexibility index (Phi) is 3.67. The maximum absolute atomic E-state index is 12.5. The highest BCUT2D eigenvalue weighted by molar-refractivity contribution is 5.99. The van der Waals surface area contributed by atoms with E-state index in [4.69, 9.17) is 4.42 Å². The molecule has 0 fully saturated rings. The number of carbonyl (C=O) groups excluding carboxylic acids is 1. The number of rotatable bonds is 3. The van der Waals surface area contributed by atoms with E-state index in [0.717, 1.165) is 27.7 Å². The van der Waals surface area contributed by atoms with Crippen LogP contribution in [0.1, 0.15) is 40.2 Å². The van der Waals surface area contributed by atoms with Crippen LogP contribution in [0.2, 0.25) is 0 Å². The van der Waals surface area contributed by atoms with Crippen molar-refractivity contribution in [3.8, 4) is 0 Å². The number of carbonyl (C=O) groups is 1. The molecule has 2 aromatic heterocycles. The molecular formula is C18H18N2O2. The van der Waals surface area contributed by atoms with E-state index in [-0.39, 0.29) is 11.9 Å². The second-order valence-corrected chi connectivity index (χ2v) is 5.54. The van der Waals surface area contributed by atoms with Crippen LogP contribution in [0.15, 0.2) is 47.1 Å². The molecule has 0 radical (unpaired) electrons. The number of pyridine rings is 1. The lowest BCUT2D eigenvalue weighted by Gasteiger charge is -2.12. The molecule has 1 atom stereocenters. The van der Waals surface area contributed by atoms with Crippen LogP contribution in [0.5, 0.6) is 0 Å². The molecule has 0 aliphatic carbocycles. The number of fused-ring (bicyclic) bond motifs is 1. The highest BCUT2D eigenvalue weighted by Gasteiger charge is 2.19. The van der Waals surface area contributed by atoms with Crippen molar-refractivity contribution in [3.63, 3.8) is 0 Å².